The smallest absolute Gasteiger partial charge is 0.417 e. The second-order valence-electron chi connectivity index (χ2n) is 5.51. The lowest BCUT2D eigenvalue weighted by Crippen LogP contribution is -2.38. The van der Waals surface area contributed by atoms with E-state index in [-0.39, 0.29) is 22.9 Å². The molecule has 2 aromatic rings. The van der Waals surface area contributed by atoms with E-state index in [0.717, 1.165) is 12.1 Å². The van der Waals surface area contributed by atoms with Crippen LogP contribution >= 0.6 is 12.2 Å². The Kier molecular flexibility index (Phi) is 5.51. The summed E-state index contributed by atoms with van der Waals surface area (Å²) in [6.45, 7) is 1.09. The molecule has 27 heavy (non-hydrogen) atoms. The largest absolute Gasteiger partial charge is 0.484 e. The Balaban J connectivity index is 1.60. The molecule has 1 aliphatic heterocycles. The number of rotatable bonds is 4. The molecule has 3 rings (SSSR count). The van der Waals surface area contributed by atoms with Crippen molar-refractivity contribution in [1.82, 2.24) is 9.97 Å². The summed E-state index contributed by atoms with van der Waals surface area (Å²) in [5.41, 5.74) is 5.36. The highest BCUT2D eigenvalue weighted by atomic mass is 32.1. The van der Waals surface area contributed by atoms with Gasteiger partial charge in [-0.05, 0) is 36.5 Å². The van der Waals surface area contributed by atoms with Gasteiger partial charge in [-0.25, -0.2) is 15.0 Å². The fourth-order valence-electron chi connectivity index (χ4n) is 2.02. The Hall–Kier alpha value is -2.79. The van der Waals surface area contributed by atoms with E-state index in [9.17, 15) is 13.2 Å². The Labute approximate surface area is 157 Å². The van der Waals surface area contributed by atoms with Crippen LogP contribution in [0.1, 0.15) is 11.3 Å². The summed E-state index contributed by atoms with van der Waals surface area (Å²) >= 11 is 5.02. The zero-order chi connectivity index (χ0) is 19.4. The first-order valence-electron chi connectivity index (χ1n) is 7.70. The van der Waals surface area contributed by atoms with Crippen molar-refractivity contribution in [1.29, 1.82) is 0 Å². The van der Waals surface area contributed by atoms with Gasteiger partial charge in [0, 0.05) is 6.20 Å². The first-order valence-corrected chi connectivity index (χ1v) is 8.11. The van der Waals surface area contributed by atoms with Crippen LogP contribution in [0.5, 0.6) is 5.75 Å². The van der Waals surface area contributed by atoms with Crippen molar-refractivity contribution in [2.24, 2.45) is 10.7 Å². The number of amidine groups is 1. The van der Waals surface area contributed by atoms with E-state index in [4.69, 9.17) is 27.4 Å². The zero-order valence-electron chi connectivity index (χ0n) is 13.7. The number of hydrogen-bond acceptors (Lipinski definition) is 5. The molecule has 0 bridgehead atoms. The van der Waals surface area contributed by atoms with Crippen LogP contribution in [-0.2, 0) is 10.9 Å². The highest BCUT2D eigenvalue weighted by molar-refractivity contribution is 7.80. The van der Waals surface area contributed by atoms with Gasteiger partial charge in [0.2, 0.25) is 0 Å². The quantitative estimate of drug-likeness (QED) is 0.465. The number of halogens is 3. The number of aliphatic imine (C=N–C) groups is 1. The van der Waals surface area contributed by atoms with Gasteiger partial charge in [-0.15, -0.1) is 0 Å². The van der Waals surface area contributed by atoms with Gasteiger partial charge in [-0.3, -0.25) is 0 Å². The lowest BCUT2D eigenvalue weighted by atomic mass is 10.3. The number of anilines is 1. The third kappa shape index (κ3) is 5.11. The monoisotopic (exact) mass is 397 g/mol. The summed E-state index contributed by atoms with van der Waals surface area (Å²) in [6, 6.07) is 5.34. The minimum absolute atomic E-state index is 0.0247. The molecule has 142 valence electrons. The first kappa shape index (κ1) is 19.0. The highest BCUT2D eigenvalue weighted by Crippen LogP contribution is 2.28. The fraction of sp³-hybridized carbons (Fsp3) is 0.250. The number of nitrogens with two attached hydrogens (primary N) is 1. The van der Waals surface area contributed by atoms with Gasteiger partial charge >= 0.3 is 6.18 Å². The van der Waals surface area contributed by atoms with Crippen molar-refractivity contribution in [3.05, 3.63) is 47.9 Å². The molecule has 3 N–H and O–H groups in total. The van der Waals surface area contributed by atoms with Crippen LogP contribution in [0.25, 0.3) is 0 Å². The van der Waals surface area contributed by atoms with Crippen LogP contribution in [0, 0.1) is 0 Å². The lowest BCUT2D eigenvalue weighted by molar-refractivity contribution is -0.137. The summed E-state index contributed by atoms with van der Waals surface area (Å²) < 4.78 is 48.2. The molecule has 1 aliphatic rings. The molecular formula is C16H14F3N5O2S. The molecule has 0 radical (unpaired) electrons. The van der Waals surface area contributed by atoms with E-state index in [2.05, 4.69) is 20.3 Å². The molecule has 0 unspecified atom stereocenters. The SMILES string of the molecule is NC(=NC(=S)Nc1ccc(C(F)(F)F)cn1)c1ccc(OC2COC2)cn1. The Morgan fingerprint density at radius 2 is 2.00 bits per heavy atom. The number of alkyl halides is 3. The maximum Gasteiger partial charge on any atom is 0.417 e. The predicted molar refractivity (Wildman–Crippen MR) is 95.7 cm³/mol. The topological polar surface area (TPSA) is 94.7 Å². The molecule has 0 spiro atoms. The van der Waals surface area contributed by atoms with Crippen LogP contribution in [0.4, 0.5) is 19.0 Å². The van der Waals surface area contributed by atoms with Crippen molar-refractivity contribution < 1.29 is 22.6 Å². The standard InChI is InChI=1S/C16H14F3N5O2S/c17-16(18,19)9-1-4-13(22-5-9)23-15(27)24-14(20)12-3-2-10(6-21-12)26-11-7-25-8-11/h1-6,11H,7-8H2,(H3,20,22,23,24,27). The number of aromatic nitrogens is 2. The average Bonchev–Trinajstić information content (AvgIpc) is 2.58. The maximum absolute atomic E-state index is 12.5. The number of hydrogen-bond donors (Lipinski definition) is 2. The molecule has 1 fully saturated rings. The summed E-state index contributed by atoms with van der Waals surface area (Å²) in [7, 11) is 0. The van der Waals surface area contributed by atoms with E-state index in [1.54, 1.807) is 12.1 Å². The molecule has 0 aromatic carbocycles. The molecule has 0 saturated carbocycles. The average molecular weight is 397 g/mol. The summed E-state index contributed by atoms with van der Waals surface area (Å²) in [6.07, 6.45) is -2.23. The first-order chi connectivity index (χ1) is 12.8. The molecule has 1 saturated heterocycles. The van der Waals surface area contributed by atoms with Gasteiger partial charge in [0.05, 0.1) is 25.0 Å². The van der Waals surface area contributed by atoms with Gasteiger partial charge in [-0.1, -0.05) is 0 Å². The highest BCUT2D eigenvalue weighted by Gasteiger charge is 2.30. The molecule has 0 aliphatic carbocycles. The van der Waals surface area contributed by atoms with E-state index >= 15 is 0 Å². The number of pyridine rings is 2. The van der Waals surface area contributed by atoms with Crippen LogP contribution in [0.3, 0.4) is 0 Å². The summed E-state index contributed by atoms with van der Waals surface area (Å²) in [5, 5.41) is 2.53. The number of ether oxygens (including phenoxy) is 2. The van der Waals surface area contributed by atoms with Crippen LogP contribution < -0.4 is 15.8 Å². The van der Waals surface area contributed by atoms with Gasteiger partial charge in [0.15, 0.2) is 10.9 Å². The van der Waals surface area contributed by atoms with Crippen LogP contribution in [-0.4, -0.2) is 40.2 Å². The molecule has 7 nitrogen and oxygen atoms in total. The predicted octanol–water partition coefficient (Wildman–Crippen LogP) is 2.38. The summed E-state index contributed by atoms with van der Waals surface area (Å²) in [5.74, 6) is 0.733. The summed E-state index contributed by atoms with van der Waals surface area (Å²) in [4.78, 5) is 11.7. The number of nitrogens with zero attached hydrogens (tertiary/aromatic N) is 3. The fourth-order valence-corrected chi connectivity index (χ4v) is 2.22. The normalized spacial score (nSPS) is 15.1. The van der Waals surface area contributed by atoms with Crippen molar-refractivity contribution in [3.8, 4) is 5.75 Å². The van der Waals surface area contributed by atoms with Gasteiger partial charge in [0.1, 0.15) is 23.4 Å². The third-order valence-electron chi connectivity index (χ3n) is 3.46. The van der Waals surface area contributed by atoms with Crippen LogP contribution in [0.15, 0.2) is 41.7 Å². The van der Waals surface area contributed by atoms with E-state index in [0.29, 0.717) is 30.9 Å². The van der Waals surface area contributed by atoms with Crippen molar-refractivity contribution >= 4 is 29.0 Å². The maximum atomic E-state index is 12.5. The third-order valence-corrected chi connectivity index (χ3v) is 3.65. The lowest BCUT2D eigenvalue weighted by Gasteiger charge is -2.26. The van der Waals surface area contributed by atoms with Crippen molar-refractivity contribution in [2.75, 3.05) is 18.5 Å². The molecule has 3 heterocycles. The molecule has 0 amide bonds. The van der Waals surface area contributed by atoms with Gasteiger partial charge in [0.25, 0.3) is 0 Å². The Morgan fingerprint density at radius 1 is 1.22 bits per heavy atom. The zero-order valence-corrected chi connectivity index (χ0v) is 14.5. The van der Waals surface area contributed by atoms with E-state index in [1.165, 1.54) is 6.20 Å². The van der Waals surface area contributed by atoms with E-state index in [1.807, 2.05) is 0 Å². The Morgan fingerprint density at radius 3 is 2.52 bits per heavy atom. The second kappa shape index (κ2) is 7.84. The number of nitrogens with one attached hydrogen (secondary N) is 1. The van der Waals surface area contributed by atoms with Crippen molar-refractivity contribution in [3.63, 3.8) is 0 Å². The van der Waals surface area contributed by atoms with Crippen LogP contribution in [0.2, 0.25) is 0 Å². The molecule has 2 aromatic heterocycles. The molecular weight excluding hydrogens is 383 g/mol. The van der Waals surface area contributed by atoms with E-state index < -0.39 is 11.7 Å². The van der Waals surface area contributed by atoms with Crippen molar-refractivity contribution in [2.45, 2.75) is 12.3 Å². The minimum atomic E-state index is -4.46. The van der Waals surface area contributed by atoms with Gasteiger partial charge < -0.3 is 20.5 Å². The van der Waals surface area contributed by atoms with Gasteiger partial charge in [-0.2, -0.15) is 13.2 Å². The Bertz CT molecular complexity index is 837. The number of thiocarbonyl (C=S) groups is 1. The minimum Gasteiger partial charge on any atom is -0.484 e. The second-order valence-corrected chi connectivity index (χ2v) is 5.90. The molecule has 0 atom stereocenters. The molecule has 11 heteroatoms.